The predicted molar refractivity (Wildman–Crippen MR) is 93.0 cm³/mol. The van der Waals surface area contributed by atoms with E-state index in [1.165, 1.54) is 18.2 Å². The number of nitrogens with one attached hydrogen (secondary N) is 1. The highest BCUT2D eigenvalue weighted by Crippen LogP contribution is 2.20. The highest BCUT2D eigenvalue weighted by molar-refractivity contribution is 5.87. The van der Waals surface area contributed by atoms with Gasteiger partial charge in [-0.3, -0.25) is 0 Å². The van der Waals surface area contributed by atoms with Gasteiger partial charge in [-0.1, -0.05) is 30.3 Å². The number of carbonyl (C=O) groups excluding carboxylic acids is 1. The number of fused-ring (bicyclic) bond motifs is 1. The number of esters is 1. The Balaban J connectivity index is 1.47. The van der Waals surface area contributed by atoms with Gasteiger partial charge in [-0.25, -0.2) is 9.18 Å². The number of benzene rings is 2. The lowest BCUT2D eigenvalue weighted by atomic mass is 10.1. The maximum Gasteiger partial charge on any atom is 0.330 e. The van der Waals surface area contributed by atoms with Crippen LogP contribution in [-0.4, -0.2) is 17.6 Å². The molecule has 2 aromatic carbocycles. The van der Waals surface area contributed by atoms with E-state index in [9.17, 15) is 9.18 Å². The minimum absolute atomic E-state index is 0.249. The van der Waals surface area contributed by atoms with Gasteiger partial charge >= 0.3 is 5.97 Å². The van der Waals surface area contributed by atoms with Crippen molar-refractivity contribution in [2.75, 3.05) is 6.61 Å². The number of ether oxygens (including phenoxy) is 1. The molecular weight excluding hydrogens is 305 g/mol. The summed E-state index contributed by atoms with van der Waals surface area (Å²) in [5, 5.41) is 0.880. The third-order valence-electron chi connectivity index (χ3n) is 3.78. The quantitative estimate of drug-likeness (QED) is 0.412. The first-order valence-corrected chi connectivity index (χ1v) is 7.88. The number of carbonyl (C=O) groups is 1. The number of H-pyrrole nitrogens is 1. The molecule has 0 aliphatic rings. The summed E-state index contributed by atoms with van der Waals surface area (Å²) in [4.78, 5) is 14.8. The van der Waals surface area contributed by atoms with Crippen molar-refractivity contribution in [1.82, 2.24) is 4.98 Å². The summed E-state index contributed by atoms with van der Waals surface area (Å²) in [5.41, 5.74) is 2.89. The monoisotopic (exact) mass is 323 g/mol. The first-order chi connectivity index (χ1) is 11.7. The van der Waals surface area contributed by atoms with Gasteiger partial charge < -0.3 is 9.72 Å². The molecule has 0 bridgehead atoms. The highest BCUT2D eigenvalue weighted by Gasteiger charge is 2.05. The van der Waals surface area contributed by atoms with Crippen LogP contribution in [0.15, 0.2) is 60.8 Å². The first kappa shape index (κ1) is 16.0. The summed E-state index contributed by atoms with van der Waals surface area (Å²) in [6, 6.07) is 14.3. The molecule has 0 saturated heterocycles. The zero-order chi connectivity index (χ0) is 16.8. The van der Waals surface area contributed by atoms with Crippen molar-refractivity contribution >= 4 is 22.9 Å². The van der Waals surface area contributed by atoms with Crippen LogP contribution in [0.1, 0.15) is 17.5 Å². The van der Waals surface area contributed by atoms with Crippen LogP contribution >= 0.6 is 0 Å². The minimum atomic E-state index is -0.358. The van der Waals surface area contributed by atoms with E-state index < -0.39 is 0 Å². The van der Waals surface area contributed by atoms with Crippen LogP contribution in [-0.2, 0) is 16.0 Å². The molecule has 0 saturated carbocycles. The fourth-order valence-electron chi connectivity index (χ4n) is 2.57. The predicted octanol–water partition coefficient (Wildman–Crippen LogP) is 4.50. The number of halogens is 1. The van der Waals surface area contributed by atoms with E-state index in [0.29, 0.717) is 13.0 Å². The average Bonchev–Trinajstić information content (AvgIpc) is 3.00. The Morgan fingerprint density at radius 1 is 1.17 bits per heavy atom. The van der Waals surface area contributed by atoms with E-state index in [-0.39, 0.29) is 11.8 Å². The molecule has 0 amide bonds. The third-order valence-corrected chi connectivity index (χ3v) is 3.78. The van der Waals surface area contributed by atoms with Gasteiger partial charge in [-0.2, -0.15) is 0 Å². The Kier molecular flexibility index (Phi) is 5.06. The molecule has 0 fully saturated rings. The zero-order valence-corrected chi connectivity index (χ0v) is 13.2. The summed E-state index contributed by atoms with van der Waals surface area (Å²) in [5.74, 6) is -0.607. The number of aryl methyl sites for hydroxylation is 1. The van der Waals surface area contributed by atoms with E-state index in [0.717, 1.165) is 28.5 Å². The second-order valence-corrected chi connectivity index (χ2v) is 5.52. The molecule has 3 rings (SSSR count). The first-order valence-electron chi connectivity index (χ1n) is 7.88. The molecule has 0 atom stereocenters. The molecule has 4 heteroatoms. The van der Waals surface area contributed by atoms with E-state index in [1.54, 1.807) is 12.1 Å². The molecule has 122 valence electrons. The highest BCUT2D eigenvalue weighted by atomic mass is 19.1. The van der Waals surface area contributed by atoms with Gasteiger partial charge in [0.1, 0.15) is 5.82 Å². The van der Waals surface area contributed by atoms with Crippen LogP contribution in [0.5, 0.6) is 0 Å². The summed E-state index contributed by atoms with van der Waals surface area (Å²) >= 11 is 0. The lowest BCUT2D eigenvalue weighted by Crippen LogP contribution is -2.03. The molecule has 3 aromatic rings. The van der Waals surface area contributed by atoms with Crippen LogP contribution in [0.3, 0.4) is 0 Å². The molecule has 1 aromatic heterocycles. The van der Waals surface area contributed by atoms with Gasteiger partial charge in [0.25, 0.3) is 0 Å². The van der Waals surface area contributed by atoms with Crippen molar-refractivity contribution in [2.45, 2.75) is 12.8 Å². The smallest absolute Gasteiger partial charge is 0.330 e. The Hall–Kier alpha value is -2.88. The second-order valence-electron chi connectivity index (χ2n) is 5.52. The van der Waals surface area contributed by atoms with Crippen molar-refractivity contribution in [2.24, 2.45) is 0 Å². The molecule has 3 nitrogen and oxygen atoms in total. The summed E-state index contributed by atoms with van der Waals surface area (Å²) in [6.07, 6.45) is 6.44. The van der Waals surface area contributed by atoms with Gasteiger partial charge in [0, 0.05) is 23.2 Å². The third kappa shape index (κ3) is 4.10. The Morgan fingerprint density at radius 2 is 2.00 bits per heavy atom. The summed E-state index contributed by atoms with van der Waals surface area (Å²) < 4.78 is 18.5. The van der Waals surface area contributed by atoms with Gasteiger partial charge in [0.15, 0.2) is 0 Å². The number of hydrogen-bond acceptors (Lipinski definition) is 2. The van der Waals surface area contributed by atoms with E-state index in [1.807, 2.05) is 36.5 Å². The lowest BCUT2D eigenvalue weighted by Gasteiger charge is -2.02. The Labute approximate surface area is 139 Å². The number of aromatic amines is 1. The van der Waals surface area contributed by atoms with E-state index in [4.69, 9.17) is 4.74 Å². The summed E-state index contributed by atoms with van der Waals surface area (Å²) in [6.45, 7) is 0.333. The molecule has 0 unspecified atom stereocenters. The fraction of sp³-hybridized carbons (Fsp3) is 0.150. The molecule has 1 heterocycles. The van der Waals surface area contributed by atoms with Crippen molar-refractivity contribution in [1.29, 1.82) is 0 Å². The second kappa shape index (κ2) is 7.59. The molecule has 0 aliphatic heterocycles. The number of hydrogen-bond donors (Lipinski definition) is 1. The van der Waals surface area contributed by atoms with Gasteiger partial charge in [0.2, 0.25) is 0 Å². The molecule has 0 aliphatic carbocycles. The topological polar surface area (TPSA) is 42.1 Å². The van der Waals surface area contributed by atoms with Gasteiger partial charge in [0.05, 0.1) is 6.61 Å². The van der Waals surface area contributed by atoms with Crippen LogP contribution in [0.4, 0.5) is 4.39 Å². The average molecular weight is 323 g/mol. The molecule has 0 spiro atoms. The maximum atomic E-state index is 13.3. The summed E-state index contributed by atoms with van der Waals surface area (Å²) in [7, 11) is 0. The largest absolute Gasteiger partial charge is 0.463 e. The van der Waals surface area contributed by atoms with E-state index >= 15 is 0 Å². The van der Waals surface area contributed by atoms with Crippen molar-refractivity contribution < 1.29 is 13.9 Å². The van der Waals surface area contributed by atoms with Crippen LogP contribution in [0.2, 0.25) is 0 Å². The molecule has 0 radical (unpaired) electrons. The van der Waals surface area contributed by atoms with Gasteiger partial charge in [-0.15, -0.1) is 0 Å². The van der Waals surface area contributed by atoms with Crippen molar-refractivity contribution in [3.63, 3.8) is 0 Å². The zero-order valence-electron chi connectivity index (χ0n) is 13.2. The Bertz CT molecular complexity index is 852. The van der Waals surface area contributed by atoms with Crippen LogP contribution in [0.25, 0.3) is 17.0 Å². The van der Waals surface area contributed by atoms with Crippen molar-refractivity contribution in [3.8, 4) is 0 Å². The normalized spacial score (nSPS) is 11.2. The molecule has 1 N–H and O–H groups in total. The number of aromatic nitrogens is 1. The SMILES string of the molecule is O=C(/C=C/c1ccccc1)OCCCc1c[nH]c2ccc(F)cc12. The standard InChI is InChI=1S/C20H18FNO2/c21-17-9-10-19-18(13-17)16(14-22-19)7-4-12-24-20(23)11-8-15-5-2-1-3-6-15/h1-3,5-6,8-11,13-14,22H,4,7,12H2/b11-8+. The van der Waals surface area contributed by atoms with Crippen LogP contribution < -0.4 is 0 Å². The Morgan fingerprint density at radius 3 is 2.83 bits per heavy atom. The van der Waals surface area contributed by atoms with Gasteiger partial charge in [-0.05, 0) is 48.2 Å². The maximum absolute atomic E-state index is 13.3. The van der Waals surface area contributed by atoms with Crippen LogP contribution in [0, 0.1) is 5.82 Å². The molecular formula is C20H18FNO2. The molecule has 24 heavy (non-hydrogen) atoms. The fourth-order valence-corrected chi connectivity index (χ4v) is 2.57. The minimum Gasteiger partial charge on any atom is -0.463 e. The number of rotatable bonds is 6. The van der Waals surface area contributed by atoms with E-state index in [2.05, 4.69) is 4.98 Å². The van der Waals surface area contributed by atoms with Crippen molar-refractivity contribution in [3.05, 3.63) is 77.7 Å². The lowest BCUT2D eigenvalue weighted by molar-refractivity contribution is -0.137.